The first-order chi connectivity index (χ1) is 14.6. The maximum Gasteiger partial charge on any atom is 0.256 e. The number of nitrogens with zero attached hydrogens (tertiary/aromatic N) is 3. The van der Waals surface area contributed by atoms with Crippen LogP contribution in [0.4, 0.5) is 14.5 Å². The summed E-state index contributed by atoms with van der Waals surface area (Å²) in [6, 6.07) is 17.7. The van der Waals surface area contributed by atoms with Crippen molar-refractivity contribution in [3.05, 3.63) is 95.7 Å². The molecule has 0 aliphatic carbocycles. The van der Waals surface area contributed by atoms with Gasteiger partial charge in [0.15, 0.2) is 0 Å². The van der Waals surface area contributed by atoms with E-state index < -0.39 is 5.82 Å². The summed E-state index contributed by atoms with van der Waals surface area (Å²) in [5.74, 6) is -1.01. The summed E-state index contributed by atoms with van der Waals surface area (Å²) >= 11 is 0. The van der Waals surface area contributed by atoms with Crippen LogP contribution < -0.4 is 5.32 Å². The monoisotopic (exact) mass is 400 g/mol. The van der Waals surface area contributed by atoms with Crippen LogP contribution in [0.25, 0.3) is 28.6 Å². The fourth-order valence-corrected chi connectivity index (χ4v) is 3.36. The quantitative estimate of drug-likeness (QED) is 0.507. The molecule has 5 nitrogen and oxygen atoms in total. The minimum atomic E-state index is -0.395. The first-order valence-electron chi connectivity index (χ1n) is 9.18. The molecule has 1 aliphatic heterocycles. The standard InChI is InChI=1S/C23H14F2N4O/c24-16-2-1-3-18(11-16)29-13-22(27-28-29)15-6-4-14(5-7-15)10-20-19-12-17(25)8-9-21(19)26-23(20)30/h1-13H,(H,26,30). The van der Waals surface area contributed by atoms with Gasteiger partial charge in [-0.1, -0.05) is 35.5 Å². The van der Waals surface area contributed by atoms with Gasteiger partial charge in [-0.15, -0.1) is 5.10 Å². The van der Waals surface area contributed by atoms with Gasteiger partial charge in [-0.25, -0.2) is 13.5 Å². The molecule has 0 saturated carbocycles. The SMILES string of the molecule is O=C1Nc2ccc(F)cc2C1=Cc1ccc(-c2cn(-c3cccc(F)c3)nn2)cc1. The lowest BCUT2D eigenvalue weighted by molar-refractivity contribution is -0.110. The van der Waals surface area contributed by atoms with Crippen molar-refractivity contribution in [2.45, 2.75) is 0 Å². The van der Waals surface area contributed by atoms with Gasteiger partial charge in [-0.05, 0) is 48.0 Å². The number of aromatic nitrogens is 3. The molecule has 3 aromatic carbocycles. The van der Waals surface area contributed by atoms with Crippen LogP contribution in [0, 0.1) is 11.6 Å². The van der Waals surface area contributed by atoms with Gasteiger partial charge in [-0.2, -0.15) is 0 Å². The summed E-state index contributed by atoms with van der Waals surface area (Å²) in [6.07, 6.45) is 3.43. The Morgan fingerprint density at radius 1 is 0.933 bits per heavy atom. The molecule has 0 spiro atoms. The van der Waals surface area contributed by atoms with Gasteiger partial charge >= 0.3 is 0 Å². The summed E-state index contributed by atoms with van der Waals surface area (Å²) < 4.78 is 28.5. The molecule has 1 aliphatic rings. The molecule has 2 heterocycles. The highest BCUT2D eigenvalue weighted by atomic mass is 19.1. The average molecular weight is 400 g/mol. The van der Waals surface area contributed by atoms with Crippen molar-refractivity contribution in [1.82, 2.24) is 15.0 Å². The molecular formula is C23H14F2N4O. The Hall–Kier alpha value is -4.13. The van der Waals surface area contributed by atoms with Gasteiger partial charge < -0.3 is 5.32 Å². The van der Waals surface area contributed by atoms with Crippen molar-refractivity contribution in [3.8, 4) is 16.9 Å². The Morgan fingerprint density at radius 3 is 2.53 bits per heavy atom. The van der Waals surface area contributed by atoms with Crippen molar-refractivity contribution in [1.29, 1.82) is 0 Å². The largest absolute Gasteiger partial charge is 0.321 e. The second-order valence-electron chi connectivity index (χ2n) is 6.85. The maximum absolute atomic E-state index is 13.6. The predicted molar refractivity (Wildman–Crippen MR) is 110 cm³/mol. The van der Waals surface area contributed by atoms with Crippen LogP contribution in [0.15, 0.2) is 72.9 Å². The van der Waals surface area contributed by atoms with Gasteiger partial charge in [-0.3, -0.25) is 4.79 Å². The van der Waals surface area contributed by atoms with Gasteiger partial charge in [0.1, 0.15) is 17.3 Å². The lowest BCUT2D eigenvalue weighted by Gasteiger charge is -2.01. The molecule has 1 aromatic heterocycles. The van der Waals surface area contributed by atoms with E-state index in [4.69, 9.17) is 0 Å². The molecular weight excluding hydrogens is 386 g/mol. The van der Waals surface area contributed by atoms with E-state index in [1.807, 2.05) is 24.3 Å². The van der Waals surface area contributed by atoms with Crippen molar-refractivity contribution in [2.75, 3.05) is 5.32 Å². The number of hydrogen-bond donors (Lipinski definition) is 1. The summed E-state index contributed by atoms with van der Waals surface area (Å²) in [5, 5.41) is 10.9. The topological polar surface area (TPSA) is 59.8 Å². The number of fused-ring (bicyclic) bond motifs is 1. The highest BCUT2D eigenvalue weighted by Crippen LogP contribution is 2.33. The zero-order valence-electron chi connectivity index (χ0n) is 15.5. The van der Waals surface area contributed by atoms with E-state index >= 15 is 0 Å². The zero-order chi connectivity index (χ0) is 20.7. The number of halogens is 2. The number of hydrogen-bond acceptors (Lipinski definition) is 3. The molecule has 7 heteroatoms. The van der Waals surface area contributed by atoms with Crippen LogP contribution in [0.1, 0.15) is 11.1 Å². The molecule has 5 rings (SSSR count). The van der Waals surface area contributed by atoms with Crippen LogP contribution in [-0.2, 0) is 4.79 Å². The summed E-state index contributed by atoms with van der Waals surface area (Å²) in [4.78, 5) is 12.2. The normalized spacial score (nSPS) is 14.1. The fourth-order valence-electron chi connectivity index (χ4n) is 3.36. The first kappa shape index (κ1) is 17.9. The van der Waals surface area contributed by atoms with Gasteiger partial charge in [0, 0.05) is 22.4 Å². The Bertz CT molecular complexity index is 1310. The summed E-state index contributed by atoms with van der Waals surface area (Å²) in [7, 11) is 0. The minimum Gasteiger partial charge on any atom is -0.321 e. The summed E-state index contributed by atoms with van der Waals surface area (Å²) in [5.41, 5.74) is 4.37. The minimum absolute atomic E-state index is 0.266. The van der Waals surface area contributed by atoms with E-state index in [-0.39, 0.29) is 11.7 Å². The van der Waals surface area contributed by atoms with E-state index in [0.717, 1.165) is 11.1 Å². The van der Waals surface area contributed by atoms with E-state index in [1.54, 1.807) is 30.5 Å². The number of benzene rings is 3. The Kier molecular flexibility index (Phi) is 4.21. The van der Waals surface area contributed by atoms with Crippen LogP contribution in [0.2, 0.25) is 0 Å². The van der Waals surface area contributed by atoms with Crippen LogP contribution in [-0.4, -0.2) is 20.9 Å². The highest BCUT2D eigenvalue weighted by molar-refractivity contribution is 6.34. The second-order valence-corrected chi connectivity index (χ2v) is 6.85. The number of rotatable bonds is 3. The summed E-state index contributed by atoms with van der Waals surface area (Å²) in [6.45, 7) is 0. The zero-order valence-corrected chi connectivity index (χ0v) is 15.5. The molecule has 0 saturated heterocycles. The number of carbonyl (C=O) groups is 1. The third-order valence-electron chi connectivity index (χ3n) is 4.85. The van der Waals surface area contributed by atoms with Crippen molar-refractivity contribution >= 4 is 23.2 Å². The molecule has 0 unspecified atom stereocenters. The molecule has 146 valence electrons. The third-order valence-corrected chi connectivity index (χ3v) is 4.85. The number of nitrogens with one attached hydrogen (secondary N) is 1. The van der Waals surface area contributed by atoms with Gasteiger partial charge in [0.05, 0.1) is 11.9 Å². The van der Waals surface area contributed by atoms with Crippen molar-refractivity contribution in [3.63, 3.8) is 0 Å². The maximum atomic E-state index is 13.6. The Morgan fingerprint density at radius 2 is 1.73 bits per heavy atom. The Labute approximate surface area is 170 Å². The molecule has 1 N–H and O–H groups in total. The van der Waals surface area contributed by atoms with Gasteiger partial charge in [0.2, 0.25) is 0 Å². The van der Waals surface area contributed by atoms with Crippen LogP contribution in [0.3, 0.4) is 0 Å². The number of anilines is 1. The van der Waals surface area contributed by atoms with E-state index in [2.05, 4.69) is 15.6 Å². The highest BCUT2D eigenvalue weighted by Gasteiger charge is 2.24. The second kappa shape index (κ2) is 7.04. The van der Waals surface area contributed by atoms with Gasteiger partial charge in [0.25, 0.3) is 5.91 Å². The lowest BCUT2D eigenvalue weighted by Crippen LogP contribution is -2.03. The first-order valence-corrected chi connectivity index (χ1v) is 9.18. The van der Waals surface area contributed by atoms with E-state index in [9.17, 15) is 13.6 Å². The number of amides is 1. The molecule has 30 heavy (non-hydrogen) atoms. The van der Waals surface area contributed by atoms with E-state index in [0.29, 0.717) is 28.2 Å². The Balaban J connectivity index is 1.43. The predicted octanol–water partition coefficient (Wildman–Crippen LogP) is 4.71. The van der Waals surface area contributed by atoms with Crippen LogP contribution in [0.5, 0.6) is 0 Å². The molecule has 0 radical (unpaired) electrons. The molecule has 0 atom stereocenters. The van der Waals surface area contributed by atoms with E-state index in [1.165, 1.54) is 28.9 Å². The smallest absolute Gasteiger partial charge is 0.256 e. The average Bonchev–Trinajstić information content (AvgIpc) is 3.34. The fraction of sp³-hybridized carbons (Fsp3) is 0. The molecule has 0 fully saturated rings. The van der Waals surface area contributed by atoms with Crippen molar-refractivity contribution < 1.29 is 13.6 Å². The molecule has 1 amide bonds. The molecule has 0 bridgehead atoms. The lowest BCUT2D eigenvalue weighted by atomic mass is 10.0. The third kappa shape index (κ3) is 3.26. The number of carbonyl (C=O) groups excluding carboxylic acids is 1. The molecule has 4 aromatic rings. The van der Waals surface area contributed by atoms with Crippen molar-refractivity contribution in [2.24, 2.45) is 0 Å². The van der Waals surface area contributed by atoms with Crippen LogP contribution >= 0.6 is 0 Å².